The molecule has 0 saturated carbocycles. The van der Waals surface area contributed by atoms with Crippen molar-refractivity contribution < 1.29 is 38.4 Å². The molecule has 4 atom stereocenters. The number of hydrogen-bond acceptors (Lipinski definition) is 8. The van der Waals surface area contributed by atoms with Crippen LogP contribution in [-0.2, 0) is 23.8 Å². The van der Waals surface area contributed by atoms with Crippen LogP contribution in [0.4, 0.5) is 0 Å². The Kier molecular flexibility index (Phi) is 7.36. The van der Waals surface area contributed by atoms with Crippen molar-refractivity contribution in [1.82, 2.24) is 0 Å². The summed E-state index contributed by atoms with van der Waals surface area (Å²) in [5, 5.41) is 10.8. The Morgan fingerprint density at radius 1 is 1.00 bits per heavy atom. The highest BCUT2D eigenvalue weighted by Gasteiger charge is 2.49. The van der Waals surface area contributed by atoms with Crippen LogP contribution in [0.25, 0.3) is 0 Å². The average Bonchev–Trinajstić information content (AvgIpc) is 2.94. The second-order valence-corrected chi connectivity index (χ2v) is 9.27. The van der Waals surface area contributed by atoms with Crippen LogP contribution in [-0.4, -0.2) is 55.4 Å². The van der Waals surface area contributed by atoms with Gasteiger partial charge in [-0.05, 0) is 53.7 Å². The van der Waals surface area contributed by atoms with Crippen molar-refractivity contribution in [3.05, 3.63) is 24.3 Å². The fraction of sp³-hybridized carbons (Fsp3) is 0.636. The molecule has 8 nitrogen and oxygen atoms in total. The van der Waals surface area contributed by atoms with Gasteiger partial charge in [-0.3, -0.25) is 9.59 Å². The lowest BCUT2D eigenvalue weighted by atomic mass is 9.97. The van der Waals surface area contributed by atoms with Crippen LogP contribution in [0.3, 0.4) is 0 Å². The predicted octanol–water partition coefficient (Wildman–Crippen LogP) is 2.71. The predicted molar refractivity (Wildman–Crippen MR) is 108 cm³/mol. The molecule has 0 amide bonds. The van der Waals surface area contributed by atoms with Crippen molar-refractivity contribution >= 4 is 11.9 Å². The van der Waals surface area contributed by atoms with E-state index in [1.54, 1.807) is 65.8 Å². The number of aliphatic hydroxyl groups is 1. The number of hydrogen-bond donors (Lipinski definition) is 1. The van der Waals surface area contributed by atoms with Gasteiger partial charge in [0, 0.05) is 0 Å². The molecule has 168 valence electrons. The average molecular weight is 424 g/mol. The Morgan fingerprint density at radius 3 is 2.10 bits per heavy atom. The maximum Gasteiger partial charge on any atom is 0.311 e. The van der Waals surface area contributed by atoms with Crippen LogP contribution in [0, 0.1) is 10.8 Å². The van der Waals surface area contributed by atoms with E-state index in [0.717, 1.165) is 0 Å². The third kappa shape index (κ3) is 5.86. The molecule has 1 N–H and O–H groups in total. The van der Waals surface area contributed by atoms with Crippen molar-refractivity contribution in [3.63, 3.8) is 0 Å². The monoisotopic (exact) mass is 424 g/mol. The third-order valence-electron chi connectivity index (χ3n) is 4.45. The summed E-state index contributed by atoms with van der Waals surface area (Å²) in [6, 6.07) is 6.90. The van der Waals surface area contributed by atoms with E-state index in [1.165, 1.54) is 7.11 Å². The second kappa shape index (κ2) is 9.22. The first-order valence-corrected chi connectivity index (χ1v) is 9.86. The molecule has 30 heavy (non-hydrogen) atoms. The first-order chi connectivity index (χ1) is 13.8. The quantitative estimate of drug-likeness (QED) is 0.696. The van der Waals surface area contributed by atoms with Gasteiger partial charge in [0.05, 0.1) is 17.9 Å². The maximum absolute atomic E-state index is 12.4. The number of methoxy groups -OCH3 is 1. The number of para-hydroxylation sites is 2. The van der Waals surface area contributed by atoms with Crippen molar-refractivity contribution in [2.24, 2.45) is 10.8 Å². The van der Waals surface area contributed by atoms with Gasteiger partial charge in [-0.15, -0.1) is 0 Å². The lowest BCUT2D eigenvalue weighted by Crippen LogP contribution is -2.42. The fourth-order valence-corrected chi connectivity index (χ4v) is 2.60. The Balaban J connectivity index is 2.19. The van der Waals surface area contributed by atoms with E-state index < -0.39 is 47.4 Å². The third-order valence-corrected chi connectivity index (χ3v) is 4.45. The number of rotatable bonds is 6. The van der Waals surface area contributed by atoms with E-state index in [9.17, 15) is 14.7 Å². The minimum absolute atomic E-state index is 0.193. The summed E-state index contributed by atoms with van der Waals surface area (Å²) < 4.78 is 27.7. The van der Waals surface area contributed by atoms with Gasteiger partial charge in [0.25, 0.3) is 0 Å². The number of carbonyl (C=O) groups is 2. The highest BCUT2D eigenvalue weighted by Crippen LogP contribution is 2.33. The summed E-state index contributed by atoms with van der Waals surface area (Å²) in [5.41, 5.74) is -1.49. The zero-order valence-electron chi connectivity index (χ0n) is 18.6. The smallest absolute Gasteiger partial charge is 0.311 e. The summed E-state index contributed by atoms with van der Waals surface area (Å²) >= 11 is 0. The van der Waals surface area contributed by atoms with E-state index >= 15 is 0 Å². The molecule has 0 unspecified atom stereocenters. The molecule has 1 heterocycles. The first-order valence-electron chi connectivity index (χ1n) is 9.86. The largest absolute Gasteiger partial charge is 0.493 e. The number of esters is 2. The minimum Gasteiger partial charge on any atom is -0.493 e. The van der Waals surface area contributed by atoms with Gasteiger partial charge in [-0.2, -0.15) is 0 Å². The lowest BCUT2D eigenvalue weighted by Gasteiger charge is -2.25. The van der Waals surface area contributed by atoms with Gasteiger partial charge in [0.1, 0.15) is 12.7 Å². The van der Waals surface area contributed by atoms with Gasteiger partial charge < -0.3 is 28.8 Å². The molecule has 1 aromatic rings. The van der Waals surface area contributed by atoms with Crippen LogP contribution in [0.15, 0.2) is 24.3 Å². The molecule has 2 rings (SSSR count). The molecule has 0 radical (unpaired) electrons. The number of ether oxygens (including phenoxy) is 5. The maximum atomic E-state index is 12.4. The number of aliphatic hydroxyl groups excluding tert-OH is 1. The molecule has 1 aliphatic rings. The van der Waals surface area contributed by atoms with Gasteiger partial charge in [-0.1, -0.05) is 12.1 Å². The molecule has 1 saturated heterocycles. The summed E-state index contributed by atoms with van der Waals surface area (Å²) in [5.74, 6) is -0.132. The molecule has 1 aromatic carbocycles. The fourth-order valence-electron chi connectivity index (χ4n) is 2.60. The van der Waals surface area contributed by atoms with Crippen LogP contribution < -0.4 is 9.47 Å². The van der Waals surface area contributed by atoms with Crippen molar-refractivity contribution in [3.8, 4) is 11.5 Å². The van der Waals surface area contributed by atoms with Crippen LogP contribution in [0.2, 0.25) is 0 Å². The van der Waals surface area contributed by atoms with Crippen molar-refractivity contribution in [2.45, 2.75) is 66.1 Å². The molecule has 0 spiro atoms. The highest BCUT2D eigenvalue weighted by molar-refractivity contribution is 5.76. The topological polar surface area (TPSA) is 101 Å². The molecule has 0 aliphatic carbocycles. The molecule has 1 aliphatic heterocycles. The van der Waals surface area contributed by atoms with E-state index in [4.69, 9.17) is 23.7 Å². The molecule has 0 bridgehead atoms. The Bertz CT molecular complexity index is 746. The molecule has 1 fully saturated rings. The Hall–Kier alpha value is -2.32. The first kappa shape index (κ1) is 24.0. The molecule has 8 heteroatoms. The minimum atomic E-state index is -1.29. The molecular formula is C22H32O8. The van der Waals surface area contributed by atoms with E-state index in [1.807, 2.05) is 0 Å². The summed E-state index contributed by atoms with van der Waals surface area (Å²) in [4.78, 5) is 24.6. The summed E-state index contributed by atoms with van der Waals surface area (Å²) in [6.45, 7) is 10.1. The summed E-state index contributed by atoms with van der Waals surface area (Å²) in [6.07, 6.45) is -4.39. The molecule has 0 aromatic heterocycles. The van der Waals surface area contributed by atoms with E-state index in [2.05, 4.69) is 0 Å². The van der Waals surface area contributed by atoms with Crippen LogP contribution in [0.5, 0.6) is 11.5 Å². The van der Waals surface area contributed by atoms with Gasteiger partial charge >= 0.3 is 11.9 Å². The van der Waals surface area contributed by atoms with Crippen LogP contribution >= 0.6 is 0 Å². The molecular weight excluding hydrogens is 392 g/mol. The highest BCUT2D eigenvalue weighted by atomic mass is 16.7. The Morgan fingerprint density at radius 2 is 1.57 bits per heavy atom. The van der Waals surface area contributed by atoms with Crippen LogP contribution in [0.1, 0.15) is 41.5 Å². The zero-order chi connectivity index (χ0) is 22.7. The SMILES string of the molecule is COc1ccccc1O[C@@H]1O[C@H](COC(=O)C(C)(C)C)[C@H](OC(=O)C(C)(C)C)[C@H]1O. The standard InChI is InChI=1S/C22H32O8/c1-21(2,3)19(24)27-12-15-17(30-20(25)22(4,5)6)16(23)18(29-15)28-14-11-9-8-10-13(14)26-7/h8-11,15-18,23H,12H2,1-7H3/t15-,16-,17+,18-/m1/s1. The Labute approximate surface area is 177 Å². The second-order valence-electron chi connectivity index (χ2n) is 9.27. The van der Waals surface area contributed by atoms with Gasteiger partial charge in [-0.25, -0.2) is 0 Å². The summed E-state index contributed by atoms with van der Waals surface area (Å²) in [7, 11) is 1.50. The number of benzene rings is 1. The van der Waals surface area contributed by atoms with E-state index in [-0.39, 0.29) is 6.61 Å². The van der Waals surface area contributed by atoms with Crippen molar-refractivity contribution in [1.29, 1.82) is 0 Å². The normalized spacial score (nSPS) is 24.3. The van der Waals surface area contributed by atoms with Gasteiger partial charge in [0.15, 0.2) is 23.7 Å². The zero-order valence-corrected chi connectivity index (χ0v) is 18.6. The van der Waals surface area contributed by atoms with Crippen molar-refractivity contribution in [2.75, 3.05) is 13.7 Å². The van der Waals surface area contributed by atoms with E-state index in [0.29, 0.717) is 11.5 Å². The number of carbonyl (C=O) groups excluding carboxylic acids is 2. The van der Waals surface area contributed by atoms with Gasteiger partial charge in [0.2, 0.25) is 6.29 Å². The lowest BCUT2D eigenvalue weighted by molar-refractivity contribution is -0.170.